The van der Waals surface area contributed by atoms with E-state index in [2.05, 4.69) is 11.1 Å². The van der Waals surface area contributed by atoms with Gasteiger partial charge < -0.3 is 96.3 Å². The van der Waals surface area contributed by atoms with Gasteiger partial charge in [0.1, 0.15) is 42.7 Å². The number of aliphatic hydroxyl groups excluding tert-OH is 17. The molecule has 18 N–H and O–H groups in total. The lowest BCUT2D eigenvalue weighted by atomic mass is 9.84. The Balaban J connectivity index is 1.76. The molecule has 0 amide bonds. The van der Waals surface area contributed by atoms with E-state index in [4.69, 9.17) is 14.0 Å². The second-order valence-electron chi connectivity index (χ2n) is 25.3. The average molecular weight is 1240 g/mol. The fourth-order valence-electron chi connectivity index (χ4n) is 11.9. The first-order valence-electron chi connectivity index (χ1n) is 32.1. The van der Waals surface area contributed by atoms with Crippen LogP contribution in [0.4, 0.5) is 0 Å². The molecule has 0 aromatic rings. The molecule has 0 saturated carbocycles. The van der Waals surface area contributed by atoms with Crippen molar-refractivity contribution in [2.75, 3.05) is 6.61 Å². The van der Waals surface area contributed by atoms with Crippen molar-refractivity contribution in [1.82, 2.24) is 0 Å². The van der Waals surface area contributed by atoms with Crippen molar-refractivity contribution in [3.05, 3.63) is 0 Å². The Hall–Kier alpha value is -0.890. The standard InChI is InChI=1S/C60H118O23S/c1-5-6-7-8-9-10-11-12-13-14-17-20-26-44(65)54(73)59-57(76)48(69)36-50(83-59)58(77)51(70)38(3)29-31-42(63)49-35-47(68)56(75)60(82-49)55(74)45(66)33-37(2)28-30-41(62)34-46(67)53(72)39(4)52(71)43(64)27-22-21-25-40(61)24-19-16-15-18-23-32-81-84(78,79)80/h37-77H,5-36H2,1-4H3,(H,78,79,80)/t37?,38?,39?,40?,41-,42+,43?,44+,45+,46-,47+,48+,49+,50+,51-,52?,53+,54-,55-,56+,57+,58-,59-,60-/m0/s1. The van der Waals surface area contributed by atoms with E-state index in [0.717, 1.165) is 44.9 Å². The summed E-state index contributed by atoms with van der Waals surface area (Å²) >= 11 is 0. The number of aliphatic hydroxyl groups is 17. The van der Waals surface area contributed by atoms with Crippen LogP contribution in [-0.4, -0.2) is 235 Å². The van der Waals surface area contributed by atoms with Crippen molar-refractivity contribution in [3.8, 4) is 0 Å². The van der Waals surface area contributed by atoms with E-state index >= 15 is 0 Å². The Morgan fingerprint density at radius 1 is 0.440 bits per heavy atom. The summed E-state index contributed by atoms with van der Waals surface area (Å²) in [5.41, 5.74) is 0. The van der Waals surface area contributed by atoms with Crippen LogP contribution in [0.25, 0.3) is 0 Å². The predicted octanol–water partition coefficient (Wildman–Crippen LogP) is 2.50. The molecule has 6 unspecified atom stereocenters. The lowest BCUT2D eigenvalue weighted by Crippen LogP contribution is -2.59. The summed E-state index contributed by atoms with van der Waals surface area (Å²) < 4.78 is 45.8. The Morgan fingerprint density at radius 2 is 0.881 bits per heavy atom. The number of unbranched alkanes of at least 4 members (excludes halogenated alkanes) is 16. The van der Waals surface area contributed by atoms with Crippen LogP contribution in [0.3, 0.4) is 0 Å². The molecule has 2 aliphatic heterocycles. The average Bonchev–Trinajstić information content (AvgIpc) is 3.20. The predicted molar refractivity (Wildman–Crippen MR) is 313 cm³/mol. The van der Waals surface area contributed by atoms with Gasteiger partial charge in [0.2, 0.25) is 0 Å². The topological polar surface area (TPSA) is 426 Å². The van der Waals surface area contributed by atoms with Gasteiger partial charge in [0.15, 0.2) is 0 Å². The van der Waals surface area contributed by atoms with E-state index in [-0.39, 0.29) is 76.7 Å². The highest BCUT2D eigenvalue weighted by Gasteiger charge is 2.48. The first-order valence-corrected chi connectivity index (χ1v) is 33.5. The summed E-state index contributed by atoms with van der Waals surface area (Å²) in [6.07, 6.45) is -9.77. The Labute approximate surface area is 501 Å². The van der Waals surface area contributed by atoms with Crippen LogP contribution < -0.4 is 0 Å². The Morgan fingerprint density at radius 3 is 1.43 bits per heavy atom. The second-order valence-corrected chi connectivity index (χ2v) is 26.4. The maximum atomic E-state index is 11.2. The zero-order valence-corrected chi connectivity index (χ0v) is 51.8. The second kappa shape index (κ2) is 43.0. The molecule has 84 heavy (non-hydrogen) atoms. The fourth-order valence-corrected chi connectivity index (χ4v) is 12.2. The van der Waals surface area contributed by atoms with E-state index in [1.807, 2.05) is 0 Å². The molecule has 2 heterocycles. The maximum Gasteiger partial charge on any atom is 0.397 e. The van der Waals surface area contributed by atoms with Gasteiger partial charge in [-0.3, -0.25) is 4.55 Å². The Bertz CT molecular complexity index is 1740. The zero-order chi connectivity index (χ0) is 63.1. The summed E-state index contributed by atoms with van der Waals surface area (Å²) in [7, 11) is -4.43. The van der Waals surface area contributed by atoms with Gasteiger partial charge in [-0.1, -0.05) is 143 Å². The Kier molecular flexibility index (Phi) is 40.5. The molecule has 2 rings (SSSR count). The lowest BCUT2D eigenvalue weighted by Gasteiger charge is -2.43. The molecule has 0 aromatic carbocycles. The van der Waals surface area contributed by atoms with Gasteiger partial charge in [0, 0.05) is 25.2 Å². The molecule has 0 bridgehead atoms. The van der Waals surface area contributed by atoms with Crippen LogP contribution in [0, 0.1) is 17.8 Å². The normalized spacial score (nSPS) is 27.5. The molecule has 502 valence electrons. The molecular weight excluding hydrogens is 1120 g/mol. The summed E-state index contributed by atoms with van der Waals surface area (Å²) in [5.74, 6) is -2.02. The van der Waals surface area contributed by atoms with Crippen LogP contribution in [0.2, 0.25) is 0 Å². The van der Waals surface area contributed by atoms with Gasteiger partial charge in [-0.15, -0.1) is 0 Å². The van der Waals surface area contributed by atoms with Crippen molar-refractivity contribution in [1.29, 1.82) is 0 Å². The molecule has 2 aliphatic rings. The minimum absolute atomic E-state index is 0.0412. The molecular formula is C60H118O23S. The largest absolute Gasteiger partial charge is 0.397 e. The van der Waals surface area contributed by atoms with Gasteiger partial charge in [-0.25, -0.2) is 4.18 Å². The first-order chi connectivity index (χ1) is 39.6. The SMILES string of the molecule is CCCCCCCCCCCCCC[C@@H](O)[C@H](O)[C@@H]1O[C@@H]([C@H](O)[C@@H](O)C(C)CC[C@@H](O)[C@H]2C[C@@H](O)[C@@H](O)[C@H]([C@@H](O)[C@H](O)CC(C)CC[C@H](O)C[C@H](O)[C@H](O)C(C)C(O)C(O)CCCCC(O)CCCCCCCOS(=O)(=O)O)O2)C[C@@H](O)[C@H]1O. The molecule has 23 nitrogen and oxygen atoms in total. The minimum Gasteiger partial charge on any atom is -0.393 e. The van der Waals surface area contributed by atoms with Crippen LogP contribution in [0.5, 0.6) is 0 Å². The smallest absolute Gasteiger partial charge is 0.393 e. The minimum atomic E-state index is -4.43. The van der Waals surface area contributed by atoms with Crippen LogP contribution in [0.15, 0.2) is 0 Å². The maximum absolute atomic E-state index is 11.2. The lowest BCUT2D eigenvalue weighted by molar-refractivity contribution is -0.241. The van der Waals surface area contributed by atoms with Crippen molar-refractivity contribution in [2.24, 2.45) is 17.8 Å². The number of hydrogen-bond acceptors (Lipinski definition) is 22. The first kappa shape index (κ1) is 79.2. The van der Waals surface area contributed by atoms with Gasteiger partial charge >= 0.3 is 10.4 Å². The van der Waals surface area contributed by atoms with E-state index in [9.17, 15) is 95.2 Å². The summed E-state index contributed by atoms with van der Waals surface area (Å²) in [6.45, 7) is 6.92. The number of ether oxygens (including phenoxy) is 2. The van der Waals surface area contributed by atoms with Crippen LogP contribution in [-0.2, 0) is 24.1 Å². The van der Waals surface area contributed by atoms with Crippen molar-refractivity contribution in [2.45, 2.75) is 355 Å². The fraction of sp³-hybridized carbons (Fsp3) is 1.00. The van der Waals surface area contributed by atoms with Gasteiger partial charge in [0.25, 0.3) is 0 Å². The molecule has 0 aromatic heterocycles. The van der Waals surface area contributed by atoms with Crippen LogP contribution in [0.1, 0.15) is 227 Å². The van der Waals surface area contributed by atoms with Crippen molar-refractivity contribution < 1.29 is 113 Å². The van der Waals surface area contributed by atoms with E-state index < -0.39 is 150 Å². The van der Waals surface area contributed by atoms with Crippen LogP contribution >= 0.6 is 0 Å². The van der Waals surface area contributed by atoms with E-state index in [1.54, 1.807) is 13.8 Å². The highest BCUT2D eigenvalue weighted by molar-refractivity contribution is 7.80. The van der Waals surface area contributed by atoms with Gasteiger partial charge in [-0.2, -0.15) is 8.42 Å². The molecule has 0 spiro atoms. The van der Waals surface area contributed by atoms with E-state index in [1.165, 1.54) is 51.9 Å². The van der Waals surface area contributed by atoms with Crippen molar-refractivity contribution >= 4 is 10.4 Å². The number of rotatable bonds is 49. The number of hydrogen-bond donors (Lipinski definition) is 18. The third-order valence-corrected chi connectivity index (χ3v) is 18.2. The molecule has 0 aliphatic carbocycles. The third-order valence-electron chi connectivity index (χ3n) is 17.8. The summed E-state index contributed by atoms with van der Waals surface area (Å²) in [4.78, 5) is 0. The highest BCUT2D eigenvalue weighted by atomic mass is 32.3. The highest BCUT2D eigenvalue weighted by Crippen LogP contribution is 2.33. The summed E-state index contributed by atoms with van der Waals surface area (Å²) in [5, 5.41) is 185. The van der Waals surface area contributed by atoms with Gasteiger partial charge in [0.05, 0.1) is 92.1 Å². The molecule has 24 heteroatoms. The monoisotopic (exact) mass is 1240 g/mol. The summed E-state index contributed by atoms with van der Waals surface area (Å²) in [6, 6.07) is 0. The molecule has 2 saturated heterocycles. The zero-order valence-electron chi connectivity index (χ0n) is 51.0. The molecule has 2 fully saturated rings. The van der Waals surface area contributed by atoms with Gasteiger partial charge in [-0.05, 0) is 76.0 Å². The quantitative estimate of drug-likeness (QED) is 0.0307. The van der Waals surface area contributed by atoms with E-state index in [0.29, 0.717) is 44.9 Å². The third kappa shape index (κ3) is 30.7. The molecule has 24 atom stereocenters. The van der Waals surface area contributed by atoms with Crippen molar-refractivity contribution in [3.63, 3.8) is 0 Å². The molecule has 0 radical (unpaired) electrons.